The highest BCUT2D eigenvalue weighted by Crippen LogP contribution is 2.45. The van der Waals surface area contributed by atoms with Crippen LogP contribution in [0.25, 0.3) is 10.9 Å². The van der Waals surface area contributed by atoms with E-state index in [2.05, 4.69) is 30.7 Å². The Morgan fingerprint density at radius 2 is 1.81 bits per heavy atom. The second-order valence-electron chi connectivity index (χ2n) is 7.24. The number of anilines is 1. The van der Waals surface area contributed by atoms with Gasteiger partial charge in [-0.3, -0.25) is 9.88 Å². The molecule has 4 rings (SSSR count). The van der Waals surface area contributed by atoms with Crippen LogP contribution in [0, 0.1) is 0 Å². The molecule has 2 heterocycles. The first-order valence-corrected chi connectivity index (χ1v) is 9.95. The Balaban J connectivity index is 1.73. The number of piperazine rings is 1. The lowest BCUT2D eigenvalue weighted by Gasteiger charge is -2.36. The van der Waals surface area contributed by atoms with Gasteiger partial charge in [0.2, 0.25) is 0 Å². The van der Waals surface area contributed by atoms with Crippen LogP contribution < -0.4 is 4.90 Å². The molecule has 1 aromatic heterocycles. The minimum atomic E-state index is -4.39. The molecule has 0 radical (unpaired) electrons. The molecule has 2 aromatic rings. The first-order valence-electron chi connectivity index (χ1n) is 9.16. The van der Waals surface area contributed by atoms with E-state index in [0.29, 0.717) is 27.8 Å². The molecule has 2 aliphatic rings. The van der Waals surface area contributed by atoms with Gasteiger partial charge < -0.3 is 10.0 Å². The quantitative estimate of drug-likeness (QED) is 0.774. The Morgan fingerprint density at radius 1 is 1.11 bits per heavy atom. The van der Waals surface area contributed by atoms with E-state index < -0.39 is 11.7 Å². The molecule has 27 heavy (non-hydrogen) atoms. The van der Waals surface area contributed by atoms with Crippen molar-refractivity contribution in [3.63, 3.8) is 0 Å². The van der Waals surface area contributed by atoms with Gasteiger partial charge in [0.05, 0.1) is 29.1 Å². The van der Waals surface area contributed by atoms with Crippen molar-refractivity contribution >= 4 is 32.5 Å². The molecule has 4 nitrogen and oxygen atoms in total. The molecule has 2 fully saturated rings. The Hall–Kier alpha value is -1.38. The van der Waals surface area contributed by atoms with E-state index in [0.717, 1.165) is 62.5 Å². The Morgan fingerprint density at radius 3 is 2.41 bits per heavy atom. The van der Waals surface area contributed by atoms with Crippen LogP contribution >= 0.6 is 15.9 Å². The number of pyridine rings is 1. The Labute approximate surface area is 164 Å². The number of alkyl halides is 3. The number of benzene rings is 1. The van der Waals surface area contributed by atoms with Crippen molar-refractivity contribution in [2.75, 3.05) is 44.2 Å². The highest BCUT2D eigenvalue weighted by molar-refractivity contribution is 9.10. The summed E-state index contributed by atoms with van der Waals surface area (Å²) in [5.41, 5.74) is 1.67. The van der Waals surface area contributed by atoms with Crippen molar-refractivity contribution in [2.24, 2.45) is 0 Å². The fourth-order valence-corrected chi connectivity index (χ4v) is 4.23. The van der Waals surface area contributed by atoms with Gasteiger partial charge in [-0.1, -0.05) is 15.9 Å². The largest absolute Gasteiger partial charge is 0.416 e. The van der Waals surface area contributed by atoms with Gasteiger partial charge in [0.15, 0.2) is 0 Å². The minimum absolute atomic E-state index is 0.152. The summed E-state index contributed by atoms with van der Waals surface area (Å²) >= 11 is 3.31. The maximum absolute atomic E-state index is 13.2. The maximum Gasteiger partial charge on any atom is 0.416 e. The lowest BCUT2D eigenvalue weighted by Crippen LogP contribution is -2.47. The molecule has 1 aliphatic heterocycles. The molecule has 1 saturated heterocycles. The number of aliphatic hydroxyl groups is 1. The fourth-order valence-electron chi connectivity index (χ4n) is 3.66. The first-order chi connectivity index (χ1) is 12.9. The van der Waals surface area contributed by atoms with Gasteiger partial charge in [-0.05, 0) is 31.0 Å². The lowest BCUT2D eigenvalue weighted by molar-refractivity contribution is -0.137. The van der Waals surface area contributed by atoms with Gasteiger partial charge in [0.25, 0.3) is 0 Å². The van der Waals surface area contributed by atoms with E-state index in [4.69, 9.17) is 5.11 Å². The van der Waals surface area contributed by atoms with Crippen molar-refractivity contribution in [1.82, 2.24) is 9.88 Å². The fraction of sp³-hybridized carbons (Fsp3) is 0.526. The van der Waals surface area contributed by atoms with Gasteiger partial charge in [0.1, 0.15) is 0 Å². The number of halogens is 4. The van der Waals surface area contributed by atoms with Crippen LogP contribution in [0.2, 0.25) is 0 Å². The van der Waals surface area contributed by atoms with Crippen molar-refractivity contribution in [2.45, 2.75) is 24.9 Å². The molecule has 0 spiro atoms. The zero-order valence-electron chi connectivity index (χ0n) is 14.8. The topological polar surface area (TPSA) is 39.6 Å². The standard InChI is InChI=1S/C19H21BrF3N3O/c20-15-9-13(19(21,22)23)10-16-14(15)11-17(18(24-16)12-1-2-12)26-5-3-25(4-6-26)7-8-27/h9-12,27H,1-8H2. The summed E-state index contributed by atoms with van der Waals surface area (Å²) in [7, 11) is 0. The minimum Gasteiger partial charge on any atom is -0.395 e. The maximum atomic E-state index is 13.2. The van der Waals surface area contributed by atoms with Gasteiger partial charge in [0, 0.05) is 48.5 Å². The molecule has 0 unspecified atom stereocenters. The normalized spacial score (nSPS) is 19.1. The molecule has 8 heteroatoms. The number of fused-ring (bicyclic) bond motifs is 1. The van der Waals surface area contributed by atoms with Crippen LogP contribution in [-0.4, -0.2) is 54.3 Å². The first kappa shape index (κ1) is 19.0. The predicted molar refractivity (Wildman–Crippen MR) is 102 cm³/mol. The average Bonchev–Trinajstić information content (AvgIpc) is 3.46. The van der Waals surface area contributed by atoms with E-state index >= 15 is 0 Å². The molecule has 0 atom stereocenters. The average molecular weight is 444 g/mol. The predicted octanol–water partition coefficient (Wildman–Crippen LogP) is 4.01. The van der Waals surface area contributed by atoms with Gasteiger partial charge >= 0.3 is 6.18 Å². The summed E-state index contributed by atoms with van der Waals surface area (Å²) in [5.74, 6) is 0.341. The summed E-state index contributed by atoms with van der Waals surface area (Å²) < 4.78 is 39.9. The van der Waals surface area contributed by atoms with Crippen LogP contribution in [0.1, 0.15) is 30.0 Å². The molecule has 1 N–H and O–H groups in total. The third-order valence-corrected chi connectivity index (χ3v) is 5.97. The molecular weight excluding hydrogens is 423 g/mol. The van der Waals surface area contributed by atoms with Crippen molar-refractivity contribution < 1.29 is 18.3 Å². The highest BCUT2D eigenvalue weighted by Gasteiger charge is 2.34. The second kappa shape index (κ2) is 7.22. The van der Waals surface area contributed by atoms with Crippen LogP contribution in [0.15, 0.2) is 22.7 Å². The molecule has 1 aromatic carbocycles. The molecule has 1 aliphatic carbocycles. The number of β-amino-alcohol motifs (C(OH)–C–C–N with tert-alkyl or cyclic N) is 1. The number of aromatic nitrogens is 1. The van der Waals surface area contributed by atoms with Crippen molar-refractivity contribution in [3.05, 3.63) is 33.9 Å². The van der Waals surface area contributed by atoms with E-state index in [-0.39, 0.29) is 6.61 Å². The molecule has 0 amide bonds. The Bertz CT molecular complexity index is 846. The monoisotopic (exact) mass is 443 g/mol. The van der Waals surface area contributed by atoms with E-state index in [1.54, 1.807) is 0 Å². The van der Waals surface area contributed by atoms with E-state index in [1.807, 2.05) is 6.07 Å². The number of hydrogen-bond donors (Lipinski definition) is 1. The number of hydrogen-bond acceptors (Lipinski definition) is 4. The van der Waals surface area contributed by atoms with Gasteiger partial charge in [-0.2, -0.15) is 13.2 Å². The van der Waals surface area contributed by atoms with Crippen LogP contribution in [0.3, 0.4) is 0 Å². The molecular formula is C19H21BrF3N3O. The molecule has 146 valence electrons. The zero-order valence-corrected chi connectivity index (χ0v) is 16.4. The van der Waals surface area contributed by atoms with Crippen LogP contribution in [0.4, 0.5) is 18.9 Å². The van der Waals surface area contributed by atoms with E-state index in [9.17, 15) is 13.2 Å². The van der Waals surface area contributed by atoms with Gasteiger partial charge in [-0.15, -0.1) is 0 Å². The summed E-state index contributed by atoms with van der Waals surface area (Å²) in [5, 5.41) is 9.81. The molecule has 0 bridgehead atoms. The summed E-state index contributed by atoms with van der Waals surface area (Å²) in [4.78, 5) is 9.17. The highest BCUT2D eigenvalue weighted by atomic mass is 79.9. The van der Waals surface area contributed by atoms with Crippen molar-refractivity contribution in [3.8, 4) is 0 Å². The Kier molecular flexibility index (Phi) is 5.07. The summed E-state index contributed by atoms with van der Waals surface area (Å²) in [6.45, 7) is 4.19. The SMILES string of the molecule is OCCN1CCN(c2cc3c(Br)cc(C(F)(F)F)cc3nc2C2CC2)CC1. The number of nitrogens with zero attached hydrogens (tertiary/aromatic N) is 3. The second-order valence-corrected chi connectivity index (χ2v) is 8.10. The molecule has 1 saturated carbocycles. The lowest BCUT2D eigenvalue weighted by atomic mass is 10.1. The third-order valence-electron chi connectivity index (χ3n) is 5.31. The van der Waals surface area contributed by atoms with Gasteiger partial charge in [-0.25, -0.2) is 0 Å². The summed E-state index contributed by atoms with van der Waals surface area (Å²) in [6.07, 6.45) is -2.31. The smallest absolute Gasteiger partial charge is 0.395 e. The number of rotatable bonds is 4. The number of aliphatic hydroxyl groups excluding tert-OH is 1. The van der Waals surface area contributed by atoms with Crippen LogP contribution in [-0.2, 0) is 6.18 Å². The van der Waals surface area contributed by atoms with E-state index in [1.165, 1.54) is 0 Å². The third kappa shape index (κ3) is 3.93. The summed E-state index contributed by atoms with van der Waals surface area (Å²) in [6, 6.07) is 4.26. The van der Waals surface area contributed by atoms with Crippen molar-refractivity contribution in [1.29, 1.82) is 0 Å². The van der Waals surface area contributed by atoms with Crippen LogP contribution in [0.5, 0.6) is 0 Å². The zero-order chi connectivity index (χ0) is 19.2.